The van der Waals surface area contributed by atoms with Gasteiger partial charge < -0.3 is 10.4 Å². The Bertz CT molecular complexity index is 620. The lowest BCUT2D eigenvalue weighted by atomic mass is 9.74. The summed E-state index contributed by atoms with van der Waals surface area (Å²) < 4.78 is 24.6. The van der Waals surface area contributed by atoms with Gasteiger partial charge in [0.05, 0.1) is 22.8 Å². The Hall–Kier alpha value is -1.56. The highest BCUT2D eigenvalue weighted by Crippen LogP contribution is 2.39. The number of aliphatic carboxylic acids is 1. The molecule has 1 aliphatic carbocycles. The SMILES string of the molecule is CCCS(=O)(=O)c1ccccc1NC1(CC(=O)O)CCC1. The van der Waals surface area contributed by atoms with Crippen molar-refractivity contribution in [2.75, 3.05) is 11.1 Å². The second kappa shape index (κ2) is 6.05. The number of hydrogen-bond acceptors (Lipinski definition) is 4. The lowest BCUT2D eigenvalue weighted by Crippen LogP contribution is -2.47. The molecule has 1 aliphatic rings. The highest BCUT2D eigenvalue weighted by atomic mass is 32.2. The molecular weight excluding hydrogens is 290 g/mol. The van der Waals surface area contributed by atoms with Crippen molar-refractivity contribution in [3.8, 4) is 0 Å². The Morgan fingerprint density at radius 3 is 2.52 bits per heavy atom. The third-order valence-electron chi connectivity index (χ3n) is 3.90. The van der Waals surface area contributed by atoms with Crippen molar-refractivity contribution in [3.05, 3.63) is 24.3 Å². The molecule has 0 bridgehead atoms. The summed E-state index contributed by atoms with van der Waals surface area (Å²) in [4.78, 5) is 11.3. The molecule has 2 N–H and O–H groups in total. The quantitative estimate of drug-likeness (QED) is 0.809. The Morgan fingerprint density at radius 2 is 2.00 bits per heavy atom. The summed E-state index contributed by atoms with van der Waals surface area (Å²) in [6, 6.07) is 6.75. The first-order valence-corrected chi connectivity index (χ1v) is 8.85. The predicted octanol–water partition coefficient (Wildman–Crippen LogP) is 2.68. The van der Waals surface area contributed by atoms with Crippen LogP contribution < -0.4 is 5.32 Å². The smallest absolute Gasteiger partial charge is 0.305 e. The van der Waals surface area contributed by atoms with Crippen molar-refractivity contribution >= 4 is 21.5 Å². The summed E-state index contributed by atoms with van der Waals surface area (Å²) in [5, 5.41) is 12.2. The average Bonchev–Trinajstić information content (AvgIpc) is 2.36. The molecule has 0 unspecified atom stereocenters. The van der Waals surface area contributed by atoms with Gasteiger partial charge in [-0.1, -0.05) is 19.1 Å². The van der Waals surface area contributed by atoms with Gasteiger partial charge >= 0.3 is 5.97 Å². The normalized spacial score (nSPS) is 17.0. The van der Waals surface area contributed by atoms with Crippen molar-refractivity contribution in [2.24, 2.45) is 0 Å². The van der Waals surface area contributed by atoms with Crippen LogP contribution in [0, 0.1) is 0 Å². The number of carboxylic acid groups (broad SMARTS) is 1. The van der Waals surface area contributed by atoms with Gasteiger partial charge in [-0.05, 0) is 37.8 Å². The lowest BCUT2D eigenvalue weighted by molar-refractivity contribution is -0.138. The summed E-state index contributed by atoms with van der Waals surface area (Å²) in [7, 11) is -3.34. The molecule has 0 spiro atoms. The Labute approximate surface area is 125 Å². The second-order valence-electron chi connectivity index (χ2n) is 5.64. The Kier molecular flexibility index (Phi) is 4.56. The average molecular weight is 311 g/mol. The standard InChI is InChI=1S/C15H21NO4S/c1-2-10-21(19,20)13-7-4-3-6-12(13)16-15(8-5-9-15)11-14(17)18/h3-4,6-7,16H,2,5,8-11H2,1H3,(H,17,18). The lowest BCUT2D eigenvalue weighted by Gasteiger charge is -2.42. The zero-order valence-corrected chi connectivity index (χ0v) is 12.9. The third-order valence-corrected chi connectivity index (χ3v) is 5.87. The van der Waals surface area contributed by atoms with E-state index in [1.807, 2.05) is 6.92 Å². The summed E-state index contributed by atoms with van der Waals surface area (Å²) in [6.45, 7) is 1.82. The first kappa shape index (κ1) is 15.8. The number of carbonyl (C=O) groups is 1. The van der Waals surface area contributed by atoms with E-state index in [4.69, 9.17) is 5.11 Å². The summed E-state index contributed by atoms with van der Waals surface area (Å²) in [5.41, 5.74) is 0.0100. The van der Waals surface area contributed by atoms with Crippen LogP contribution in [-0.2, 0) is 14.6 Å². The van der Waals surface area contributed by atoms with E-state index in [0.717, 1.165) is 19.3 Å². The number of sulfone groups is 1. The molecule has 1 saturated carbocycles. The zero-order valence-electron chi connectivity index (χ0n) is 12.1. The molecule has 0 radical (unpaired) electrons. The van der Waals surface area contributed by atoms with Gasteiger partial charge in [0.15, 0.2) is 9.84 Å². The molecule has 0 aliphatic heterocycles. The maximum Gasteiger partial charge on any atom is 0.305 e. The molecule has 0 amide bonds. The summed E-state index contributed by atoms with van der Waals surface area (Å²) >= 11 is 0. The van der Waals surface area contributed by atoms with Crippen molar-refractivity contribution in [2.45, 2.75) is 49.5 Å². The van der Waals surface area contributed by atoms with Gasteiger partial charge in [-0.25, -0.2) is 8.42 Å². The van der Waals surface area contributed by atoms with Gasteiger partial charge in [0.25, 0.3) is 0 Å². The van der Waals surface area contributed by atoms with E-state index in [9.17, 15) is 13.2 Å². The fourth-order valence-corrected chi connectivity index (χ4v) is 4.24. The molecule has 5 nitrogen and oxygen atoms in total. The number of para-hydroxylation sites is 1. The molecule has 116 valence electrons. The largest absolute Gasteiger partial charge is 0.481 e. The predicted molar refractivity (Wildman–Crippen MR) is 81.2 cm³/mol. The fraction of sp³-hybridized carbons (Fsp3) is 0.533. The minimum atomic E-state index is -3.34. The van der Waals surface area contributed by atoms with E-state index < -0.39 is 21.3 Å². The number of nitrogens with one attached hydrogen (secondary N) is 1. The zero-order chi connectivity index (χ0) is 15.5. The molecule has 1 aromatic rings. The molecule has 1 aromatic carbocycles. The minimum absolute atomic E-state index is 0.00909. The van der Waals surface area contributed by atoms with Crippen molar-refractivity contribution in [1.82, 2.24) is 0 Å². The van der Waals surface area contributed by atoms with Gasteiger partial charge in [-0.3, -0.25) is 4.79 Å². The van der Waals surface area contributed by atoms with Crippen molar-refractivity contribution < 1.29 is 18.3 Å². The maximum absolute atomic E-state index is 12.3. The third kappa shape index (κ3) is 3.56. The summed E-state index contributed by atoms with van der Waals surface area (Å²) in [5.74, 6) is -0.770. The van der Waals surface area contributed by atoms with Crippen molar-refractivity contribution in [3.63, 3.8) is 0 Å². The van der Waals surface area contributed by atoms with Crippen LogP contribution in [0.1, 0.15) is 39.0 Å². The monoisotopic (exact) mass is 311 g/mol. The highest BCUT2D eigenvalue weighted by Gasteiger charge is 2.39. The molecule has 2 rings (SSSR count). The fourth-order valence-electron chi connectivity index (χ4n) is 2.74. The number of carboxylic acids is 1. The van der Waals surface area contributed by atoms with Crippen LogP contribution >= 0.6 is 0 Å². The van der Waals surface area contributed by atoms with Crippen LogP contribution in [0.25, 0.3) is 0 Å². The molecular formula is C15H21NO4S. The Balaban J connectivity index is 2.30. The van der Waals surface area contributed by atoms with E-state index in [1.54, 1.807) is 24.3 Å². The van der Waals surface area contributed by atoms with Gasteiger partial charge in [-0.2, -0.15) is 0 Å². The van der Waals surface area contributed by atoms with Gasteiger partial charge in [-0.15, -0.1) is 0 Å². The number of rotatable bonds is 7. The van der Waals surface area contributed by atoms with E-state index in [2.05, 4.69) is 5.32 Å². The number of hydrogen-bond donors (Lipinski definition) is 2. The maximum atomic E-state index is 12.3. The van der Waals surface area contributed by atoms with Crippen LogP contribution in [0.5, 0.6) is 0 Å². The molecule has 0 atom stereocenters. The first-order chi connectivity index (χ1) is 9.88. The molecule has 21 heavy (non-hydrogen) atoms. The van der Waals surface area contributed by atoms with Crippen LogP contribution in [0.2, 0.25) is 0 Å². The van der Waals surface area contributed by atoms with Gasteiger partial charge in [0.1, 0.15) is 0 Å². The van der Waals surface area contributed by atoms with E-state index in [0.29, 0.717) is 12.1 Å². The van der Waals surface area contributed by atoms with E-state index in [1.165, 1.54) is 0 Å². The van der Waals surface area contributed by atoms with Crippen molar-refractivity contribution in [1.29, 1.82) is 0 Å². The first-order valence-electron chi connectivity index (χ1n) is 7.20. The molecule has 0 heterocycles. The Morgan fingerprint density at radius 1 is 1.33 bits per heavy atom. The molecule has 0 saturated heterocycles. The molecule has 1 fully saturated rings. The molecule has 6 heteroatoms. The van der Waals surface area contributed by atoms with E-state index in [-0.39, 0.29) is 17.1 Å². The van der Waals surface area contributed by atoms with E-state index >= 15 is 0 Å². The molecule has 0 aromatic heterocycles. The summed E-state index contributed by atoms with van der Waals surface area (Å²) in [6.07, 6.45) is 3.03. The highest BCUT2D eigenvalue weighted by molar-refractivity contribution is 7.91. The van der Waals surface area contributed by atoms with Crippen LogP contribution in [0.4, 0.5) is 5.69 Å². The van der Waals surface area contributed by atoms with Gasteiger partial charge in [0, 0.05) is 5.54 Å². The van der Waals surface area contributed by atoms with Gasteiger partial charge in [0.2, 0.25) is 0 Å². The van der Waals surface area contributed by atoms with Crippen LogP contribution in [0.15, 0.2) is 29.2 Å². The number of anilines is 1. The minimum Gasteiger partial charge on any atom is -0.481 e. The number of benzene rings is 1. The second-order valence-corrected chi connectivity index (χ2v) is 7.72. The van der Waals surface area contributed by atoms with Crippen LogP contribution in [-0.4, -0.2) is 30.8 Å². The van der Waals surface area contributed by atoms with Crippen LogP contribution in [0.3, 0.4) is 0 Å². The topological polar surface area (TPSA) is 83.5 Å².